The molecule has 0 aromatic rings. The lowest BCUT2D eigenvalue weighted by atomic mass is 9.43. The van der Waals surface area contributed by atoms with Gasteiger partial charge in [0.05, 0.1) is 11.7 Å². The van der Waals surface area contributed by atoms with E-state index < -0.39 is 31.9 Å². The number of nitrogens with one attached hydrogen (secondary N) is 2. The summed E-state index contributed by atoms with van der Waals surface area (Å²) in [6, 6.07) is -0.902. The number of hydrogen-bond acceptors (Lipinski definition) is 7. The van der Waals surface area contributed by atoms with E-state index in [1.54, 1.807) is 25.7 Å². The monoisotopic (exact) mass is 634 g/mol. The fraction of sp³-hybridized carbons (Fsp3) is 0.906. The maximum absolute atomic E-state index is 13.9. The Balaban J connectivity index is 1.42. The number of ether oxygens (including phenoxy) is 1. The molecule has 44 heavy (non-hydrogen) atoms. The van der Waals surface area contributed by atoms with Gasteiger partial charge in [0.15, 0.2) is 0 Å². The lowest BCUT2D eigenvalue weighted by Gasteiger charge is -2.64. The summed E-state index contributed by atoms with van der Waals surface area (Å²) in [5.41, 5.74) is 5.09. The maximum atomic E-state index is 13.9. The third-order valence-corrected chi connectivity index (χ3v) is 12.1. The number of carbonyl (C=O) groups is 3. The zero-order valence-corrected chi connectivity index (χ0v) is 29.8. The molecule has 5 fully saturated rings. The smallest absolute Gasteiger partial charge is 0.444 e. The summed E-state index contributed by atoms with van der Waals surface area (Å²) in [6.45, 7) is 19.9. The van der Waals surface area contributed by atoms with Crippen LogP contribution >= 0.6 is 0 Å². The third kappa shape index (κ3) is 8.01. The van der Waals surface area contributed by atoms with Gasteiger partial charge >= 0.3 is 13.2 Å². The van der Waals surface area contributed by atoms with E-state index in [0.29, 0.717) is 43.7 Å². The third-order valence-electron chi connectivity index (χ3n) is 10.5. The molecule has 7 unspecified atom stereocenters. The van der Waals surface area contributed by atoms with Crippen molar-refractivity contribution in [2.75, 3.05) is 13.1 Å². The van der Waals surface area contributed by atoms with Gasteiger partial charge in [0.2, 0.25) is 11.8 Å². The SMILES string of the molecule is CC(C)(C)OC(=O)NC(C[Si](C)(C)C)C(=O)N1CCCC1C(=O)NC(CCCCN)CB1OC2CC3CC(C3(C)C)C2(C)O1. The van der Waals surface area contributed by atoms with Crippen molar-refractivity contribution in [3.63, 3.8) is 0 Å². The van der Waals surface area contributed by atoms with Crippen molar-refractivity contribution in [2.24, 2.45) is 23.0 Å². The molecular weight excluding hydrogens is 575 g/mol. The summed E-state index contributed by atoms with van der Waals surface area (Å²) in [4.78, 5) is 42.1. The van der Waals surface area contributed by atoms with Crippen molar-refractivity contribution >= 4 is 33.1 Å². The first-order chi connectivity index (χ1) is 20.3. The molecule has 12 heteroatoms. The van der Waals surface area contributed by atoms with E-state index in [1.807, 2.05) is 0 Å². The lowest BCUT2D eigenvalue weighted by Crippen LogP contribution is -2.65. The van der Waals surface area contributed by atoms with E-state index in [-0.39, 0.29) is 42.1 Å². The highest BCUT2D eigenvalue weighted by atomic mass is 28.3. The largest absolute Gasteiger partial charge is 0.459 e. The first-order valence-electron chi connectivity index (χ1n) is 17.0. The number of carbonyl (C=O) groups excluding carboxylic acids is 3. The number of nitrogens with two attached hydrogens (primary N) is 1. The predicted octanol–water partition coefficient (Wildman–Crippen LogP) is 4.55. The van der Waals surface area contributed by atoms with E-state index in [4.69, 9.17) is 19.8 Å². The fourth-order valence-electron chi connectivity index (χ4n) is 8.13. The minimum absolute atomic E-state index is 0.0911. The van der Waals surface area contributed by atoms with Gasteiger partial charge in [0, 0.05) is 27.0 Å². The highest BCUT2D eigenvalue weighted by molar-refractivity contribution is 6.76. The van der Waals surface area contributed by atoms with E-state index in [9.17, 15) is 14.4 Å². The Morgan fingerprint density at radius 2 is 1.82 bits per heavy atom. The highest BCUT2D eigenvalue weighted by Crippen LogP contribution is 2.65. The summed E-state index contributed by atoms with van der Waals surface area (Å²) in [7, 11) is -2.13. The van der Waals surface area contributed by atoms with Crippen molar-refractivity contribution in [1.29, 1.82) is 0 Å². The summed E-state index contributed by atoms with van der Waals surface area (Å²) >= 11 is 0. The topological polar surface area (TPSA) is 132 Å². The van der Waals surface area contributed by atoms with Crippen LogP contribution in [0.1, 0.15) is 86.5 Å². The number of hydrogen-bond donors (Lipinski definition) is 3. The van der Waals surface area contributed by atoms with Crippen LogP contribution in [0.2, 0.25) is 32.0 Å². The number of amides is 3. The van der Waals surface area contributed by atoms with Gasteiger partial charge in [0.25, 0.3) is 0 Å². The van der Waals surface area contributed by atoms with Crippen LogP contribution in [0, 0.1) is 17.3 Å². The summed E-state index contributed by atoms with van der Waals surface area (Å²) < 4.78 is 18.7. The molecule has 5 aliphatic rings. The molecule has 7 atom stereocenters. The number of rotatable bonds is 12. The standard InChI is InChI=1S/C32H59BN4O6Si/c1-30(2,3)41-29(40)36-23(20-44(7,8)9)28(39)37-16-12-14-24(37)27(38)35-22(13-10-11-15-34)19-33-42-26-18-21-17-25(31(21,4)5)32(26,6)43-33/h21-26H,10-20,34H2,1-9H3,(H,35,38)(H,36,40). The molecule has 2 bridgehead atoms. The molecular formula is C32H59BN4O6Si. The Morgan fingerprint density at radius 3 is 2.43 bits per heavy atom. The van der Waals surface area contributed by atoms with Gasteiger partial charge in [-0.25, -0.2) is 4.79 Å². The molecule has 0 radical (unpaired) electrons. The minimum Gasteiger partial charge on any atom is -0.444 e. The Hall–Kier alpha value is -1.63. The van der Waals surface area contributed by atoms with Gasteiger partial charge in [-0.2, -0.15) is 0 Å². The molecule has 2 aliphatic heterocycles. The van der Waals surface area contributed by atoms with Crippen LogP contribution < -0.4 is 16.4 Å². The number of alkyl carbamates (subject to hydrolysis) is 1. The van der Waals surface area contributed by atoms with E-state index in [2.05, 4.69) is 51.0 Å². The molecule has 2 saturated heterocycles. The second-order valence-electron chi connectivity index (χ2n) is 16.8. The van der Waals surface area contributed by atoms with Gasteiger partial charge < -0.3 is 35.3 Å². The summed E-state index contributed by atoms with van der Waals surface area (Å²) in [6.07, 6.45) is 6.13. The van der Waals surface area contributed by atoms with Crippen LogP contribution in [0.3, 0.4) is 0 Å². The van der Waals surface area contributed by atoms with Crippen LogP contribution in [0.4, 0.5) is 4.79 Å². The molecule has 3 aliphatic carbocycles. The van der Waals surface area contributed by atoms with Crippen molar-refractivity contribution in [3.8, 4) is 0 Å². The molecule has 2 heterocycles. The zero-order valence-electron chi connectivity index (χ0n) is 28.8. The molecule has 250 valence electrons. The Bertz CT molecular complexity index is 1060. The second kappa shape index (κ2) is 13.2. The molecule has 4 N–H and O–H groups in total. The first kappa shape index (κ1) is 35.2. The molecule has 0 aromatic heterocycles. The average Bonchev–Trinajstić information content (AvgIpc) is 3.49. The van der Waals surface area contributed by atoms with Gasteiger partial charge in [-0.3, -0.25) is 9.59 Å². The second-order valence-corrected chi connectivity index (χ2v) is 22.3. The lowest BCUT2D eigenvalue weighted by molar-refractivity contribution is -0.199. The Kier molecular flexibility index (Phi) is 10.6. The molecule has 0 aromatic carbocycles. The fourth-order valence-corrected chi connectivity index (χ4v) is 9.63. The predicted molar refractivity (Wildman–Crippen MR) is 176 cm³/mol. The van der Waals surface area contributed by atoms with Crippen LogP contribution in [0.25, 0.3) is 0 Å². The van der Waals surface area contributed by atoms with E-state index in [1.165, 1.54) is 6.42 Å². The molecule has 10 nitrogen and oxygen atoms in total. The number of likely N-dealkylation sites (tertiary alicyclic amines) is 1. The average molecular weight is 635 g/mol. The van der Waals surface area contributed by atoms with Crippen molar-refractivity contribution < 1.29 is 28.4 Å². The quantitative estimate of drug-likeness (QED) is 0.212. The van der Waals surface area contributed by atoms with E-state index >= 15 is 0 Å². The van der Waals surface area contributed by atoms with Crippen LogP contribution in [-0.4, -0.2) is 86.5 Å². The number of unbranched alkanes of at least 4 members (excludes halogenated alkanes) is 1. The van der Waals surface area contributed by atoms with Gasteiger partial charge in [-0.1, -0.05) is 39.9 Å². The Morgan fingerprint density at radius 1 is 1.11 bits per heavy atom. The molecule has 3 saturated carbocycles. The normalized spacial score (nSPS) is 30.7. The highest BCUT2D eigenvalue weighted by Gasteiger charge is 2.67. The van der Waals surface area contributed by atoms with Crippen molar-refractivity contribution in [1.82, 2.24) is 15.5 Å². The summed E-state index contributed by atoms with van der Waals surface area (Å²) in [5.74, 6) is 0.790. The van der Waals surface area contributed by atoms with Crippen molar-refractivity contribution in [3.05, 3.63) is 0 Å². The van der Waals surface area contributed by atoms with Crippen LogP contribution in [0.15, 0.2) is 0 Å². The summed E-state index contributed by atoms with van der Waals surface area (Å²) in [5, 5.41) is 6.12. The van der Waals surface area contributed by atoms with E-state index in [0.717, 1.165) is 32.1 Å². The van der Waals surface area contributed by atoms with Gasteiger partial charge in [-0.15, -0.1) is 0 Å². The molecule has 5 rings (SSSR count). The molecule has 3 amide bonds. The molecule has 0 spiro atoms. The first-order valence-corrected chi connectivity index (χ1v) is 20.7. The van der Waals surface area contributed by atoms with Crippen LogP contribution in [0.5, 0.6) is 0 Å². The number of nitrogens with zero attached hydrogens (tertiary/aromatic N) is 1. The maximum Gasteiger partial charge on any atom is 0.459 e. The Labute approximate surface area is 266 Å². The van der Waals surface area contributed by atoms with Gasteiger partial charge in [0.1, 0.15) is 17.7 Å². The zero-order chi connectivity index (χ0) is 32.7. The van der Waals surface area contributed by atoms with Crippen LogP contribution in [-0.2, 0) is 23.6 Å². The minimum atomic E-state index is -1.76. The van der Waals surface area contributed by atoms with Gasteiger partial charge in [-0.05, 0) is 96.1 Å². The van der Waals surface area contributed by atoms with Crippen molar-refractivity contribution in [2.45, 2.75) is 154 Å².